The summed E-state index contributed by atoms with van der Waals surface area (Å²) in [5.74, 6) is 0. The Labute approximate surface area is 147 Å². The van der Waals surface area contributed by atoms with Crippen molar-refractivity contribution >= 4 is 6.03 Å². The molecule has 2 heterocycles. The van der Waals surface area contributed by atoms with Crippen LogP contribution in [0, 0.1) is 5.41 Å². The lowest BCUT2D eigenvalue weighted by molar-refractivity contribution is 0.102. The third-order valence-electron chi connectivity index (χ3n) is 6.70. The third-order valence-corrected chi connectivity index (χ3v) is 6.70. The molecule has 2 atom stereocenters. The Kier molecular flexibility index (Phi) is 6.03. The number of urea groups is 1. The number of likely N-dealkylation sites (tertiary alicyclic amines) is 1. The van der Waals surface area contributed by atoms with Gasteiger partial charge < -0.3 is 15.0 Å². The molecule has 3 aliphatic rings. The minimum Gasteiger partial charge on any atom is -0.382 e. The van der Waals surface area contributed by atoms with Gasteiger partial charge in [-0.05, 0) is 57.9 Å². The second kappa shape index (κ2) is 8.05. The molecule has 1 aliphatic carbocycles. The summed E-state index contributed by atoms with van der Waals surface area (Å²) in [4.78, 5) is 17.3. The molecule has 2 saturated heterocycles. The van der Waals surface area contributed by atoms with Crippen molar-refractivity contribution in [2.24, 2.45) is 5.41 Å². The number of nitrogens with zero attached hydrogens (tertiary/aromatic N) is 2. The molecule has 5 nitrogen and oxygen atoms in total. The molecule has 0 aromatic carbocycles. The molecule has 0 aromatic heterocycles. The number of amides is 2. The zero-order chi connectivity index (χ0) is 17.0. The quantitative estimate of drug-likeness (QED) is 0.758. The van der Waals surface area contributed by atoms with Gasteiger partial charge in [-0.25, -0.2) is 4.79 Å². The van der Waals surface area contributed by atoms with Crippen LogP contribution in [0.15, 0.2) is 0 Å². The summed E-state index contributed by atoms with van der Waals surface area (Å²) < 4.78 is 5.58. The summed E-state index contributed by atoms with van der Waals surface area (Å²) in [5.41, 5.74) is 0.270. The molecule has 2 unspecified atom stereocenters. The summed E-state index contributed by atoms with van der Waals surface area (Å²) in [6.45, 7) is 6.28. The molecule has 5 heteroatoms. The van der Waals surface area contributed by atoms with Crippen LogP contribution in [-0.4, -0.2) is 67.8 Å². The predicted molar refractivity (Wildman–Crippen MR) is 96.2 cm³/mol. The zero-order valence-electron chi connectivity index (χ0n) is 15.6. The number of likely N-dealkylation sites (N-methyl/N-ethyl adjacent to an activating group) is 1. The molecule has 3 rings (SSSR count). The predicted octanol–water partition coefficient (Wildman–Crippen LogP) is 2.85. The fraction of sp³-hybridized carbons (Fsp3) is 0.947. The van der Waals surface area contributed by atoms with Crippen LogP contribution in [0.3, 0.4) is 0 Å². The molecule has 1 saturated carbocycles. The van der Waals surface area contributed by atoms with Crippen LogP contribution in [-0.2, 0) is 4.74 Å². The lowest BCUT2D eigenvalue weighted by Crippen LogP contribution is -2.47. The van der Waals surface area contributed by atoms with Gasteiger partial charge in [-0.15, -0.1) is 0 Å². The molecule has 2 aliphatic heterocycles. The Morgan fingerprint density at radius 3 is 2.71 bits per heavy atom. The average molecular weight is 338 g/mol. The molecule has 1 N–H and O–H groups in total. The number of carbonyl (C=O) groups is 1. The third kappa shape index (κ3) is 4.05. The van der Waals surface area contributed by atoms with Crippen LogP contribution in [0.1, 0.15) is 58.3 Å². The van der Waals surface area contributed by atoms with Crippen LogP contribution in [0.4, 0.5) is 4.79 Å². The van der Waals surface area contributed by atoms with Crippen molar-refractivity contribution in [1.82, 2.24) is 15.1 Å². The summed E-state index contributed by atoms with van der Waals surface area (Å²) in [7, 11) is 2.23. The highest BCUT2D eigenvalue weighted by Crippen LogP contribution is 2.40. The minimum absolute atomic E-state index is 0.152. The van der Waals surface area contributed by atoms with Gasteiger partial charge in [0.05, 0.1) is 0 Å². The van der Waals surface area contributed by atoms with E-state index < -0.39 is 0 Å². The monoisotopic (exact) mass is 337 g/mol. The fourth-order valence-electron chi connectivity index (χ4n) is 4.94. The molecule has 138 valence electrons. The van der Waals surface area contributed by atoms with Gasteiger partial charge in [-0.1, -0.05) is 12.8 Å². The fourth-order valence-corrected chi connectivity index (χ4v) is 4.94. The van der Waals surface area contributed by atoms with Crippen molar-refractivity contribution in [2.75, 3.05) is 39.9 Å². The standard InChI is InChI=1S/C19H35N3O2/c1-3-24-13-11-19(9-4-5-10-19)15-20-18(23)22-12-8-16-6-7-17(14-22)21(16)2/h16-17H,3-15H2,1-2H3,(H,20,23). The number of hydrogen-bond acceptors (Lipinski definition) is 3. The molecular weight excluding hydrogens is 302 g/mol. The van der Waals surface area contributed by atoms with E-state index >= 15 is 0 Å². The van der Waals surface area contributed by atoms with Crippen LogP contribution in [0.5, 0.6) is 0 Å². The molecule has 3 fully saturated rings. The summed E-state index contributed by atoms with van der Waals surface area (Å²) in [5, 5.41) is 3.28. The molecule has 0 spiro atoms. The van der Waals surface area contributed by atoms with E-state index in [1.54, 1.807) is 0 Å². The SMILES string of the molecule is CCOCCC1(CNC(=O)N2CCC3CCC(C2)N3C)CCCC1. The van der Waals surface area contributed by atoms with Gasteiger partial charge in [0.1, 0.15) is 0 Å². The van der Waals surface area contributed by atoms with E-state index in [0.717, 1.165) is 45.7 Å². The molecule has 2 amide bonds. The smallest absolute Gasteiger partial charge is 0.317 e. The van der Waals surface area contributed by atoms with Crippen molar-refractivity contribution in [3.8, 4) is 0 Å². The zero-order valence-corrected chi connectivity index (χ0v) is 15.6. The first-order valence-electron chi connectivity index (χ1n) is 9.96. The van der Waals surface area contributed by atoms with Crippen molar-refractivity contribution < 1.29 is 9.53 Å². The van der Waals surface area contributed by atoms with E-state index in [4.69, 9.17) is 4.74 Å². The van der Waals surface area contributed by atoms with Gasteiger partial charge in [0.2, 0.25) is 0 Å². The average Bonchev–Trinajstić information content (AvgIpc) is 3.11. The van der Waals surface area contributed by atoms with Gasteiger partial charge in [0.15, 0.2) is 0 Å². The Balaban J connectivity index is 1.50. The van der Waals surface area contributed by atoms with Gasteiger partial charge in [0.25, 0.3) is 0 Å². The maximum atomic E-state index is 12.7. The van der Waals surface area contributed by atoms with E-state index in [0.29, 0.717) is 12.1 Å². The van der Waals surface area contributed by atoms with Gasteiger partial charge in [0, 0.05) is 44.9 Å². The van der Waals surface area contributed by atoms with Crippen molar-refractivity contribution in [3.05, 3.63) is 0 Å². The summed E-state index contributed by atoms with van der Waals surface area (Å²) in [6.07, 6.45) is 9.78. The molecular formula is C19H35N3O2. The number of carbonyl (C=O) groups excluding carboxylic acids is 1. The Hall–Kier alpha value is -0.810. The van der Waals surface area contributed by atoms with E-state index in [1.807, 2.05) is 6.92 Å². The van der Waals surface area contributed by atoms with Crippen molar-refractivity contribution in [1.29, 1.82) is 0 Å². The van der Waals surface area contributed by atoms with Gasteiger partial charge in [-0.2, -0.15) is 0 Å². The molecule has 24 heavy (non-hydrogen) atoms. The van der Waals surface area contributed by atoms with E-state index in [-0.39, 0.29) is 11.4 Å². The highest BCUT2D eigenvalue weighted by atomic mass is 16.5. The summed E-state index contributed by atoms with van der Waals surface area (Å²) >= 11 is 0. The molecule has 0 aromatic rings. The number of ether oxygens (including phenoxy) is 1. The van der Waals surface area contributed by atoms with E-state index in [9.17, 15) is 4.79 Å². The maximum Gasteiger partial charge on any atom is 0.317 e. The van der Waals surface area contributed by atoms with Crippen molar-refractivity contribution in [2.45, 2.75) is 70.4 Å². The van der Waals surface area contributed by atoms with E-state index in [2.05, 4.69) is 22.2 Å². The first-order valence-corrected chi connectivity index (χ1v) is 9.96. The normalized spacial score (nSPS) is 29.7. The van der Waals surface area contributed by atoms with E-state index in [1.165, 1.54) is 38.5 Å². The topological polar surface area (TPSA) is 44.8 Å². The first-order chi connectivity index (χ1) is 11.6. The summed E-state index contributed by atoms with van der Waals surface area (Å²) in [6, 6.07) is 1.39. The number of nitrogens with one attached hydrogen (secondary N) is 1. The van der Waals surface area contributed by atoms with Gasteiger partial charge in [-0.3, -0.25) is 4.90 Å². The highest BCUT2D eigenvalue weighted by molar-refractivity contribution is 5.74. The largest absolute Gasteiger partial charge is 0.382 e. The Morgan fingerprint density at radius 1 is 1.21 bits per heavy atom. The van der Waals surface area contributed by atoms with Crippen LogP contribution in [0.2, 0.25) is 0 Å². The van der Waals surface area contributed by atoms with Gasteiger partial charge >= 0.3 is 6.03 Å². The maximum absolute atomic E-state index is 12.7. The van der Waals surface area contributed by atoms with Crippen molar-refractivity contribution in [3.63, 3.8) is 0 Å². The number of rotatable bonds is 6. The number of fused-ring (bicyclic) bond motifs is 2. The molecule has 2 bridgehead atoms. The van der Waals surface area contributed by atoms with Crippen LogP contribution in [0.25, 0.3) is 0 Å². The number of hydrogen-bond donors (Lipinski definition) is 1. The van der Waals surface area contributed by atoms with Crippen LogP contribution >= 0.6 is 0 Å². The Morgan fingerprint density at radius 2 is 1.96 bits per heavy atom. The Bertz CT molecular complexity index is 423. The second-order valence-electron chi connectivity index (χ2n) is 8.10. The lowest BCUT2D eigenvalue weighted by Gasteiger charge is -2.32. The highest BCUT2D eigenvalue weighted by Gasteiger charge is 2.37. The van der Waals surface area contributed by atoms with Crippen LogP contribution < -0.4 is 5.32 Å². The second-order valence-corrected chi connectivity index (χ2v) is 8.10. The minimum atomic E-state index is 0.152. The first kappa shape index (κ1) is 18.0. The molecule has 0 radical (unpaired) electrons. The lowest BCUT2D eigenvalue weighted by atomic mass is 9.83.